The smallest absolute Gasteiger partial charge is 0.211 e. The molecule has 2 N–H and O–H groups in total. The van der Waals surface area contributed by atoms with Crippen molar-refractivity contribution in [1.29, 1.82) is 0 Å². The van der Waals surface area contributed by atoms with Gasteiger partial charge < -0.3 is 10.6 Å². The third-order valence-corrected chi connectivity index (χ3v) is 4.99. The Morgan fingerprint density at radius 2 is 2.00 bits per heavy atom. The van der Waals surface area contributed by atoms with Gasteiger partial charge in [-0.2, -0.15) is 4.31 Å². The maximum atomic E-state index is 12.8. The lowest BCUT2D eigenvalue weighted by atomic mass is 10.1. The molecule has 1 aromatic rings. The third-order valence-electron chi connectivity index (χ3n) is 3.69. The first-order valence-corrected chi connectivity index (χ1v) is 8.75. The summed E-state index contributed by atoms with van der Waals surface area (Å²) in [4.78, 5) is 6.17. The second kappa shape index (κ2) is 6.78. The molecule has 2 rings (SSSR count). The molecule has 0 saturated carbocycles. The van der Waals surface area contributed by atoms with E-state index in [4.69, 9.17) is 5.73 Å². The molecule has 118 valence electrons. The van der Waals surface area contributed by atoms with Crippen LogP contribution >= 0.6 is 0 Å². The summed E-state index contributed by atoms with van der Waals surface area (Å²) in [6, 6.07) is 2.72. The predicted molar refractivity (Wildman–Crippen MR) is 78.6 cm³/mol. The Labute approximate surface area is 124 Å². The van der Waals surface area contributed by atoms with Crippen LogP contribution in [0.15, 0.2) is 18.3 Å². The Kier molecular flexibility index (Phi) is 5.26. The number of pyridine rings is 1. The predicted octanol–water partition coefficient (Wildman–Crippen LogP) is 0.188. The van der Waals surface area contributed by atoms with E-state index < -0.39 is 10.0 Å². The van der Waals surface area contributed by atoms with Crippen LogP contribution in [0.2, 0.25) is 0 Å². The van der Waals surface area contributed by atoms with E-state index in [0.717, 1.165) is 6.54 Å². The molecule has 21 heavy (non-hydrogen) atoms. The van der Waals surface area contributed by atoms with Crippen molar-refractivity contribution >= 4 is 10.0 Å². The summed E-state index contributed by atoms with van der Waals surface area (Å²) in [6.45, 7) is 3.22. The molecule has 2 heterocycles. The summed E-state index contributed by atoms with van der Waals surface area (Å²) in [5.41, 5.74) is 6.71. The van der Waals surface area contributed by atoms with E-state index in [9.17, 15) is 12.8 Å². The van der Waals surface area contributed by atoms with Crippen LogP contribution in [0, 0.1) is 5.82 Å². The monoisotopic (exact) mass is 316 g/mol. The molecular formula is C13H21FN4O2S. The molecule has 6 nitrogen and oxygen atoms in total. The van der Waals surface area contributed by atoms with Crippen LogP contribution in [0.3, 0.4) is 0 Å². The number of aromatic nitrogens is 1. The first-order valence-electron chi connectivity index (χ1n) is 6.91. The van der Waals surface area contributed by atoms with Crippen LogP contribution in [-0.2, 0) is 10.0 Å². The van der Waals surface area contributed by atoms with Crippen molar-refractivity contribution in [2.75, 3.05) is 39.0 Å². The molecule has 1 aliphatic heterocycles. The molecule has 1 aromatic heterocycles. The molecule has 1 fully saturated rings. The fraction of sp³-hybridized carbons (Fsp3) is 0.615. The van der Waals surface area contributed by atoms with Crippen molar-refractivity contribution in [2.24, 2.45) is 5.73 Å². The number of nitrogens with two attached hydrogens (primary N) is 1. The highest BCUT2D eigenvalue weighted by Gasteiger charge is 2.23. The lowest BCUT2D eigenvalue weighted by Gasteiger charge is -2.33. The van der Waals surface area contributed by atoms with Crippen molar-refractivity contribution in [2.45, 2.75) is 12.5 Å². The normalized spacial score (nSPS) is 19.6. The molecule has 8 heteroatoms. The van der Waals surface area contributed by atoms with Gasteiger partial charge in [-0.3, -0.25) is 4.98 Å². The van der Waals surface area contributed by atoms with Crippen LogP contribution in [0.25, 0.3) is 0 Å². The van der Waals surface area contributed by atoms with E-state index in [1.807, 2.05) is 0 Å². The second-order valence-corrected chi connectivity index (χ2v) is 7.28. The molecule has 0 amide bonds. The topological polar surface area (TPSA) is 79.5 Å². The van der Waals surface area contributed by atoms with Crippen LogP contribution in [0.4, 0.5) is 4.39 Å². The van der Waals surface area contributed by atoms with Crippen molar-refractivity contribution in [1.82, 2.24) is 14.2 Å². The standard InChI is InChI=1S/C13H21FN4O2S/c1-21(19,20)18-8-6-17(7-9-18)5-4-12(15)13-3-2-11(14)10-16-13/h2-3,10,12H,4-9,15H2,1H3. The molecular weight excluding hydrogens is 295 g/mol. The maximum absolute atomic E-state index is 12.8. The van der Waals surface area contributed by atoms with E-state index in [2.05, 4.69) is 9.88 Å². The van der Waals surface area contributed by atoms with E-state index in [-0.39, 0.29) is 11.9 Å². The number of rotatable bonds is 5. The van der Waals surface area contributed by atoms with E-state index >= 15 is 0 Å². The fourth-order valence-electron chi connectivity index (χ4n) is 2.36. The zero-order valence-corrected chi connectivity index (χ0v) is 12.9. The Bertz CT molecular complexity index is 556. The van der Waals surface area contributed by atoms with Gasteiger partial charge in [0.15, 0.2) is 0 Å². The van der Waals surface area contributed by atoms with Gasteiger partial charge in [0, 0.05) is 38.8 Å². The largest absolute Gasteiger partial charge is 0.323 e. The number of hydrogen-bond donors (Lipinski definition) is 1. The van der Waals surface area contributed by atoms with Gasteiger partial charge in [0.1, 0.15) is 5.82 Å². The average Bonchev–Trinajstić information content (AvgIpc) is 2.45. The highest BCUT2D eigenvalue weighted by atomic mass is 32.2. The lowest BCUT2D eigenvalue weighted by Crippen LogP contribution is -2.48. The van der Waals surface area contributed by atoms with Crippen LogP contribution in [-0.4, -0.2) is 61.6 Å². The van der Waals surface area contributed by atoms with E-state index in [0.29, 0.717) is 38.3 Å². The number of sulfonamides is 1. The highest BCUT2D eigenvalue weighted by Crippen LogP contribution is 2.13. The summed E-state index contributed by atoms with van der Waals surface area (Å²) >= 11 is 0. The number of nitrogens with zero attached hydrogens (tertiary/aromatic N) is 3. The quantitative estimate of drug-likeness (QED) is 0.839. The summed E-state index contributed by atoms with van der Waals surface area (Å²) < 4.78 is 37.1. The van der Waals surface area contributed by atoms with Crippen LogP contribution in [0.1, 0.15) is 18.2 Å². The van der Waals surface area contributed by atoms with Crippen LogP contribution in [0.5, 0.6) is 0 Å². The van der Waals surface area contributed by atoms with Crippen LogP contribution < -0.4 is 5.73 Å². The van der Waals surface area contributed by atoms with E-state index in [1.54, 1.807) is 6.07 Å². The Morgan fingerprint density at radius 3 is 2.52 bits per heavy atom. The van der Waals surface area contributed by atoms with Gasteiger partial charge in [-0.25, -0.2) is 12.8 Å². The van der Waals surface area contributed by atoms with Gasteiger partial charge in [-0.15, -0.1) is 0 Å². The molecule has 0 radical (unpaired) electrons. The maximum Gasteiger partial charge on any atom is 0.211 e. The highest BCUT2D eigenvalue weighted by molar-refractivity contribution is 7.88. The molecule has 0 bridgehead atoms. The number of hydrogen-bond acceptors (Lipinski definition) is 5. The third kappa shape index (κ3) is 4.70. The Balaban J connectivity index is 1.78. The molecule has 1 aliphatic rings. The minimum Gasteiger partial charge on any atom is -0.323 e. The summed E-state index contributed by atoms with van der Waals surface area (Å²) in [5.74, 6) is -0.372. The van der Waals surface area contributed by atoms with Crippen molar-refractivity contribution in [3.05, 3.63) is 29.8 Å². The number of piperazine rings is 1. The Hall–Kier alpha value is -1.09. The molecule has 0 aliphatic carbocycles. The molecule has 1 unspecified atom stereocenters. The van der Waals surface area contributed by atoms with Crippen molar-refractivity contribution in [3.8, 4) is 0 Å². The summed E-state index contributed by atoms with van der Waals surface area (Å²) in [5, 5.41) is 0. The number of halogens is 1. The van der Waals surface area contributed by atoms with Crippen molar-refractivity contribution < 1.29 is 12.8 Å². The molecule has 0 aromatic carbocycles. The molecule has 1 atom stereocenters. The minimum absolute atomic E-state index is 0.237. The minimum atomic E-state index is -3.09. The first kappa shape index (κ1) is 16.3. The van der Waals surface area contributed by atoms with Gasteiger partial charge in [0.05, 0.1) is 18.1 Å². The zero-order valence-electron chi connectivity index (χ0n) is 12.1. The second-order valence-electron chi connectivity index (χ2n) is 5.30. The molecule has 1 saturated heterocycles. The summed E-state index contributed by atoms with van der Waals surface area (Å²) in [6.07, 6.45) is 3.11. The zero-order chi connectivity index (χ0) is 15.5. The summed E-state index contributed by atoms with van der Waals surface area (Å²) in [7, 11) is -3.09. The Morgan fingerprint density at radius 1 is 1.33 bits per heavy atom. The molecule has 0 spiro atoms. The van der Waals surface area contributed by atoms with Gasteiger partial charge in [-0.05, 0) is 18.6 Å². The van der Waals surface area contributed by atoms with Crippen molar-refractivity contribution in [3.63, 3.8) is 0 Å². The lowest BCUT2D eigenvalue weighted by molar-refractivity contribution is 0.183. The van der Waals surface area contributed by atoms with Gasteiger partial charge in [0.25, 0.3) is 0 Å². The van der Waals surface area contributed by atoms with Gasteiger partial charge >= 0.3 is 0 Å². The average molecular weight is 316 g/mol. The fourth-order valence-corrected chi connectivity index (χ4v) is 3.19. The van der Waals surface area contributed by atoms with Gasteiger partial charge in [-0.1, -0.05) is 0 Å². The van der Waals surface area contributed by atoms with E-state index in [1.165, 1.54) is 22.8 Å². The SMILES string of the molecule is CS(=O)(=O)N1CCN(CCC(N)c2ccc(F)cn2)CC1. The first-order chi connectivity index (χ1) is 9.86. The van der Waals surface area contributed by atoms with Gasteiger partial charge in [0.2, 0.25) is 10.0 Å².